The van der Waals surface area contributed by atoms with Gasteiger partial charge in [-0.3, -0.25) is 4.98 Å². The van der Waals surface area contributed by atoms with Gasteiger partial charge in [0.1, 0.15) is 22.3 Å². The number of nitrogens with zero attached hydrogens (tertiary/aromatic N) is 2. The lowest BCUT2D eigenvalue weighted by Crippen LogP contribution is -2.09. The zero-order chi connectivity index (χ0) is 28.3. The monoisotopic (exact) mass is 552 g/mol. The van der Waals surface area contributed by atoms with Crippen molar-refractivity contribution < 1.29 is 8.83 Å². The van der Waals surface area contributed by atoms with E-state index in [9.17, 15) is 0 Å². The second-order valence-electron chi connectivity index (χ2n) is 10.8. The van der Waals surface area contributed by atoms with E-state index in [0.29, 0.717) is 0 Å². The molecule has 3 heterocycles. The van der Waals surface area contributed by atoms with E-state index >= 15 is 0 Å². The predicted octanol–water partition coefficient (Wildman–Crippen LogP) is 11.2. The third kappa shape index (κ3) is 3.81. The lowest BCUT2D eigenvalue weighted by molar-refractivity contribution is 0.669. The summed E-state index contributed by atoms with van der Waals surface area (Å²) in [6, 6.07) is 46.6. The second-order valence-corrected chi connectivity index (χ2v) is 10.8. The Morgan fingerprint density at radius 1 is 0.442 bits per heavy atom. The van der Waals surface area contributed by atoms with Gasteiger partial charge < -0.3 is 13.7 Å². The van der Waals surface area contributed by atoms with Gasteiger partial charge in [0.2, 0.25) is 0 Å². The van der Waals surface area contributed by atoms with Crippen LogP contribution in [0.1, 0.15) is 0 Å². The van der Waals surface area contributed by atoms with Gasteiger partial charge in [-0.1, -0.05) is 66.7 Å². The fourth-order valence-corrected chi connectivity index (χ4v) is 6.26. The van der Waals surface area contributed by atoms with E-state index in [2.05, 4.69) is 119 Å². The average molecular weight is 553 g/mol. The number of fused-ring (bicyclic) bond motifs is 8. The summed E-state index contributed by atoms with van der Waals surface area (Å²) in [6.45, 7) is 0. The Kier molecular flexibility index (Phi) is 5.16. The highest BCUT2D eigenvalue weighted by Gasteiger charge is 2.18. The van der Waals surface area contributed by atoms with Crippen molar-refractivity contribution in [1.29, 1.82) is 0 Å². The second kappa shape index (κ2) is 9.33. The first-order valence-corrected chi connectivity index (χ1v) is 14.4. The van der Waals surface area contributed by atoms with Crippen LogP contribution in [0, 0.1) is 0 Å². The number of pyridine rings is 1. The average Bonchev–Trinajstić information content (AvgIpc) is 3.64. The maximum Gasteiger partial charge on any atom is 0.144 e. The van der Waals surface area contributed by atoms with Crippen LogP contribution in [-0.2, 0) is 0 Å². The maximum atomic E-state index is 6.39. The zero-order valence-electron chi connectivity index (χ0n) is 23.1. The Morgan fingerprint density at radius 3 is 2.05 bits per heavy atom. The van der Waals surface area contributed by atoms with Crippen LogP contribution < -0.4 is 4.90 Å². The Labute approximate surface area is 247 Å². The van der Waals surface area contributed by atoms with E-state index in [0.717, 1.165) is 71.7 Å². The molecule has 0 fully saturated rings. The van der Waals surface area contributed by atoms with Crippen molar-refractivity contribution in [2.75, 3.05) is 4.90 Å². The fourth-order valence-electron chi connectivity index (χ4n) is 6.26. The number of hydrogen-bond acceptors (Lipinski definition) is 4. The van der Waals surface area contributed by atoms with Gasteiger partial charge in [-0.2, -0.15) is 0 Å². The van der Waals surface area contributed by atoms with Gasteiger partial charge >= 0.3 is 0 Å². The molecule has 0 N–H and O–H groups in total. The SMILES string of the molecule is c1ccc(-c2ccc(N(c3ccc4c(c3)oc3ccccc34)c3ccc4oc5c6cnccc6ccc5c4c3)cc2)cc1. The summed E-state index contributed by atoms with van der Waals surface area (Å²) in [6.07, 6.45) is 3.69. The molecule has 0 spiro atoms. The number of rotatable bonds is 4. The molecule has 4 heteroatoms. The van der Waals surface area contributed by atoms with E-state index in [4.69, 9.17) is 8.83 Å². The molecule has 0 unspecified atom stereocenters. The zero-order valence-corrected chi connectivity index (χ0v) is 23.1. The van der Waals surface area contributed by atoms with Gasteiger partial charge in [-0.05, 0) is 77.2 Å². The third-order valence-electron chi connectivity index (χ3n) is 8.35. The summed E-state index contributed by atoms with van der Waals surface area (Å²) in [7, 11) is 0. The molecule has 43 heavy (non-hydrogen) atoms. The van der Waals surface area contributed by atoms with Crippen LogP contribution in [0.3, 0.4) is 0 Å². The standard InChI is InChI=1S/C39H24N2O2/c1-2-6-25(7-3-1)26-10-13-28(14-11-26)41(30-15-18-32-31-8-4-5-9-36(31)42-38(32)23-30)29-16-19-37-34(22-29)33-17-12-27-20-21-40-24-35(27)39(33)43-37/h1-24H. The lowest BCUT2D eigenvalue weighted by Gasteiger charge is -2.25. The number of furan rings is 2. The van der Waals surface area contributed by atoms with E-state index in [1.165, 1.54) is 11.1 Å². The van der Waals surface area contributed by atoms with Crippen LogP contribution in [0.2, 0.25) is 0 Å². The molecule has 9 aromatic rings. The number of aromatic nitrogens is 1. The molecule has 0 atom stereocenters. The van der Waals surface area contributed by atoms with E-state index in [1.54, 1.807) is 0 Å². The van der Waals surface area contributed by atoms with Crippen molar-refractivity contribution in [2.45, 2.75) is 0 Å². The van der Waals surface area contributed by atoms with Crippen LogP contribution >= 0.6 is 0 Å². The van der Waals surface area contributed by atoms with Crippen molar-refractivity contribution in [1.82, 2.24) is 4.98 Å². The Morgan fingerprint density at radius 2 is 1.14 bits per heavy atom. The summed E-state index contributed by atoms with van der Waals surface area (Å²) in [5.41, 5.74) is 8.93. The molecule has 202 valence electrons. The van der Waals surface area contributed by atoms with Gasteiger partial charge in [0.25, 0.3) is 0 Å². The molecular weight excluding hydrogens is 528 g/mol. The van der Waals surface area contributed by atoms with Crippen molar-refractivity contribution >= 4 is 71.7 Å². The summed E-state index contributed by atoms with van der Waals surface area (Å²) in [5.74, 6) is 0. The van der Waals surface area contributed by atoms with Gasteiger partial charge in [0, 0.05) is 62.5 Å². The molecular formula is C39H24N2O2. The number of anilines is 3. The molecule has 0 saturated heterocycles. The van der Waals surface area contributed by atoms with Crippen molar-refractivity contribution in [3.8, 4) is 11.1 Å². The summed E-state index contributed by atoms with van der Waals surface area (Å²) >= 11 is 0. The fraction of sp³-hybridized carbons (Fsp3) is 0. The highest BCUT2D eigenvalue weighted by molar-refractivity contribution is 6.15. The molecule has 0 saturated carbocycles. The quantitative estimate of drug-likeness (QED) is 0.218. The first kappa shape index (κ1) is 23.8. The molecule has 3 aromatic heterocycles. The highest BCUT2D eigenvalue weighted by atomic mass is 16.3. The molecule has 0 radical (unpaired) electrons. The minimum absolute atomic E-state index is 0.849. The normalized spacial score (nSPS) is 11.7. The Bertz CT molecular complexity index is 2450. The highest BCUT2D eigenvalue weighted by Crippen LogP contribution is 2.42. The largest absolute Gasteiger partial charge is 0.456 e. The molecule has 0 aliphatic carbocycles. The van der Waals surface area contributed by atoms with Gasteiger partial charge in [-0.25, -0.2) is 0 Å². The molecule has 0 aliphatic rings. The molecule has 0 aliphatic heterocycles. The van der Waals surface area contributed by atoms with Crippen molar-refractivity contribution in [3.05, 3.63) is 146 Å². The Hall–Kier alpha value is -5.87. The summed E-state index contributed by atoms with van der Waals surface area (Å²) < 4.78 is 12.7. The van der Waals surface area contributed by atoms with Crippen LogP contribution in [-0.4, -0.2) is 4.98 Å². The molecule has 9 rings (SSSR count). The van der Waals surface area contributed by atoms with Gasteiger partial charge in [0.15, 0.2) is 0 Å². The molecule has 0 bridgehead atoms. The molecule has 0 amide bonds. The summed E-state index contributed by atoms with van der Waals surface area (Å²) in [4.78, 5) is 6.63. The van der Waals surface area contributed by atoms with Crippen LogP contribution in [0.25, 0.3) is 65.8 Å². The van der Waals surface area contributed by atoms with Gasteiger partial charge in [0.05, 0.1) is 0 Å². The Balaban J connectivity index is 1.24. The number of para-hydroxylation sites is 1. The summed E-state index contributed by atoms with van der Waals surface area (Å²) in [5, 5.41) is 6.49. The topological polar surface area (TPSA) is 42.4 Å². The van der Waals surface area contributed by atoms with Crippen molar-refractivity contribution in [3.63, 3.8) is 0 Å². The van der Waals surface area contributed by atoms with Crippen LogP contribution in [0.5, 0.6) is 0 Å². The van der Waals surface area contributed by atoms with Gasteiger partial charge in [-0.15, -0.1) is 0 Å². The minimum Gasteiger partial charge on any atom is -0.456 e. The molecule has 4 nitrogen and oxygen atoms in total. The van der Waals surface area contributed by atoms with Crippen LogP contribution in [0.15, 0.2) is 155 Å². The third-order valence-corrected chi connectivity index (χ3v) is 8.35. The maximum absolute atomic E-state index is 6.39. The molecule has 6 aromatic carbocycles. The van der Waals surface area contributed by atoms with E-state index < -0.39 is 0 Å². The van der Waals surface area contributed by atoms with Crippen LogP contribution in [0.4, 0.5) is 17.1 Å². The number of hydrogen-bond donors (Lipinski definition) is 0. The predicted molar refractivity (Wildman–Crippen MR) is 176 cm³/mol. The number of benzene rings is 6. The van der Waals surface area contributed by atoms with Crippen molar-refractivity contribution in [2.24, 2.45) is 0 Å². The first-order chi connectivity index (χ1) is 21.3. The van der Waals surface area contributed by atoms with E-state index in [1.807, 2.05) is 36.7 Å². The first-order valence-electron chi connectivity index (χ1n) is 14.4. The minimum atomic E-state index is 0.849. The lowest BCUT2D eigenvalue weighted by atomic mass is 10.0. The van der Waals surface area contributed by atoms with E-state index in [-0.39, 0.29) is 0 Å². The smallest absolute Gasteiger partial charge is 0.144 e.